The van der Waals surface area contributed by atoms with E-state index in [1.165, 1.54) is 39.5 Å². The molecule has 20 heavy (non-hydrogen) atoms. The van der Waals surface area contributed by atoms with E-state index < -0.39 is 0 Å². The van der Waals surface area contributed by atoms with Crippen molar-refractivity contribution < 1.29 is 9.53 Å². The molecule has 1 saturated heterocycles. The van der Waals surface area contributed by atoms with Gasteiger partial charge in [0.2, 0.25) is 0 Å². The lowest BCUT2D eigenvalue weighted by atomic mass is 10.1. The van der Waals surface area contributed by atoms with Crippen molar-refractivity contribution in [2.45, 2.75) is 19.3 Å². The van der Waals surface area contributed by atoms with Crippen LogP contribution in [0.2, 0.25) is 0 Å². The average Bonchev–Trinajstić information content (AvgIpc) is 2.49. The number of nitrogen functional groups attached to an aromatic ring is 1. The zero-order chi connectivity index (χ0) is 14.4. The Kier molecular flexibility index (Phi) is 5.24. The van der Waals surface area contributed by atoms with Gasteiger partial charge in [0.1, 0.15) is 0 Å². The van der Waals surface area contributed by atoms with Crippen molar-refractivity contribution in [2.75, 3.05) is 44.3 Å². The van der Waals surface area contributed by atoms with Crippen LogP contribution in [0.1, 0.15) is 29.6 Å². The number of methoxy groups -OCH3 is 1. The predicted molar refractivity (Wildman–Crippen MR) is 81.0 cm³/mol. The summed E-state index contributed by atoms with van der Waals surface area (Å²) in [4.78, 5) is 13.9. The number of nitrogens with one attached hydrogen (secondary N) is 1. The molecule has 0 unspecified atom stereocenters. The van der Waals surface area contributed by atoms with E-state index in [0.717, 1.165) is 18.8 Å². The van der Waals surface area contributed by atoms with Crippen molar-refractivity contribution in [1.29, 1.82) is 0 Å². The molecule has 0 saturated carbocycles. The lowest BCUT2D eigenvalue weighted by Crippen LogP contribution is -2.33. The number of esters is 1. The van der Waals surface area contributed by atoms with Crippen LogP contribution in [0, 0.1) is 0 Å². The van der Waals surface area contributed by atoms with Crippen LogP contribution >= 0.6 is 0 Å². The van der Waals surface area contributed by atoms with Gasteiger partial charge in [-0.3, -0.25) is 0 Å². The Balaban J connectivity index is 1.84. The number of carbonyl (C=O) groups excluding carboxylic acids is 1. The molecule has 0 amide bonds. The molecule has 0 radical (unpaired) electrons. The molecule has 0 aliphatic carbocycles. The fourth-order valence-electron chi connectivity index (χ4n) is 2.50. The number of nitrogens with two attached hydrogens (primary N) is 1. The second-order valence-electron chi connectivity index (χ2n) is 5.12. The number of rotatable bonds is 5. The molecule has 1 heterocycles. The normalized spacial score (nSPS) is 15.8. The second-order valence-corrected chi connectivity index (χ2v) is 5.12. The molecule has 1 aliphatic rings. The number of piperidine rings is 1. The number of likely N-dealkylation sites (tertiary alicyclic amines) is 1. The summed E-state index contributed by atoms with van der Waals surface area (Å²) in [6.07, 6.45) is 3.96. The van der Waals surface area contributed by atoms with Crippen molar-refractivity contribution in [3.8, 4) is 0 Å². The van der Waals surface area contributed by atoms with E-state index in [9.17, 15) is 4.79 Å². The molecule has 110 valence electrons. The highest BCUT2D eigenvalue weighted by Gasteiger charge is 2.10. The summed E-state index contributed by atoms with van der Waals surface area (Å²) in [6, 6.07) is 5.21. The second kappa shape index (κ2) is 7.14. The summed E-state index contributed by atoms with van der Waals surface area (Å²) < 4.78 is 4.67. The smallest absolute Gasteiger partial charge is 0.337 e. The van der Waals surface area contributed by atoms with Crippen LogP contribution < -0.4 is 11.1 Å². The molecule has 1 aromatic rings. The number of nitrogens with zero attached hydrogens (tertiary/aromatic N) is 1. The largest absolute Gasteiger partial charge is 0.465 e. The van der Waals surface area contributed by atoms with Gasteiger partial charge in [0.05, 0.1) is 24.0 Å². The number of ether oxygens (including phenoxy) is 1. The van der Waals surface area contributed by atoms with Crippen LogP contribution in [0.3, 0.4) is 0 Å². The standard InChI is InChI=1S/C15H23N3O2/c1-20-15(19)12-5-6-14(13(16)11-12)17-7-10-18-8-3-2-4-9-18/h5-6,11,17H,2-4,7-10,16H2,1H3. The van der Waals surface area contributed by atoms with Crippen LogP contribution in [-0.4, -0.2) is 44.2 Å². The molecule has 0 aromatic heterocycles. The molecule has 2 rings (SSSR count). The van der Waals surface area contributed by atoms with E-state index in [2.05, 4.69) is 15.0 Å². The minimum absolute atomic E-state index is 0.364. The van der Waals surface area contributed by atoms with Gasteiger partial charge in [-0.25, -0.2) is 4.79 Å². The maximum Gasteiger partial charge on any atom is 0.337 e. The summed E-state index contributed by atoms with van der Waals surface area (Å²) in [7, 11) is 1.36. The molecule has 5 nitrogen and oxygen atoms in total. The van der Waals surface area contributed by atoms with Crippen molar-refractivity contribution in [3.05, 3.63) is 23.8 Å². The van der Waals surface area contributed by atoms with Gasteiger partial charge >= 0.3 is 5.97 Å². The first-order chi connectivity index (χ1) is 9.70. The maximum atomic E-state index is 11.4. The first-order valence-corrected chi connectivity index (χ1v) is 7.15. The topological polar surface area (TPSA) is 67.6 Å². The van der Waals surface area contributed by atoms with E-state index in [4.69, 9.17) is 5.73 Å². The number of carbonyl (C=O) groups is 1. The molecule has 1 fully saturated rings. The van der Waals surface area contributed by atoms with E-state index in [-0.39, 0.29) is 5.97 Å². The third-order valence-corrected chi connectivity index (χ3v) is 3.66. The van der Waals surface area contributed by atoms with Crippen LogP contribution in [0.4, 0.5) is 11.4 Å². The molecule has 0 atom stereocenters. The van der Waals surface area contributed by atoms with E-state index in [1.54, 1.807) is 12.1 Å². The predicted octanol–water partition coefficient (Wildman–Crippen LogP) is 1.95. The highest BCUT2D eigenvalue weighted by molar-refractivity contribution is 5.91. The molecular weight excluding hydrogens is 254 g/mol. The summed E-state index contributed by atoms with van der Waals surface area (Å²) in [6.45, 7) is 4.27. The van der Waals surface area contributed by atoms with Gasteiger partial charge in [-0.15, -0.1) is 0 Å². The van der Waals surface area contributed by atoms with Crippen molar-refractivity contribution in [1.82, 2.24) is 4.90 Å². The first-order valence-electron chi connectivity index (χ1n) is 7.15. The SMILES string of the molecule is COC(=O)c1ccc(NCCN2CCCCC2)c(N)c1. The molecule has 1 aliphatic heterocycles. The van der Waals surface area contributed by atoms with Gasteiger partial charge in [-0.2, -0.15) is 0 Å². The van der Waals surface area contributed by atoms with Gasteiger partial charge < -0.3 is 20.7 Å². The van der Waals surface area contributed by atoms with Crippen LogP contribution in [0.5, 0.6) is 0 Å². The van der Waals surface area contributed by atoms with Crippen LogP contribution in [0.15, 0.2) is 18.2 Å². The Labute approximate surface area is 120 Å². The zero-order valence-electron chi connectivity index (χ0n) is 12.0. The fraction of sp³-hybridized carbons (Fsp3) is 0.533. The van der Waals surface area contributed by atoms with Crippen molar-refractivity contribution in [2.24, 2.45) is 0 Å². The Hall–Kier alpha value is -1.75. The first kappa shape index (κ1) is 14.7. The highest BCUT2D eigenvalue weighted by atomic mass is 16.5. The highest BCUT2D eigenvalue weighted by Crippen LogP contribution is 2.20. The summed E-state index contributed by atoms with van der Waals surface area (Å²) in [5, 5.41) is 3.33. The number of anilines is 2. The number of hydrogen-bond acceptors (Lipinski definition) is 5. The van der Waals surface area contributed by atoms with E-state index in [0.29, 0.717) is 11.3 Å². The Morgan fingerprint density at radius 3 is 2.75 bits per heavy atom. The van der Waals surface area contributed by atoms with E-state index >= 15 is 0 Å². The maximum absolute atomic E-state index is 11.4. The van der Waals surface area contributed by atoms with E-state index in [1.807, 2.05) is 6.07 Å². The van der Waals surface area contributed by atoms with Gasteiger partial charge in [0, 0.05) is 13.1 Å². The van der Waals surface area contributed by atoms with Crippen molar-refractivity contribution in [3.63, 3.8) is 0 Å². The Morgan fingerprint density at radius 1 is 1.35 bits per heavy atom. The molecule has 1 aromatic carbocycles. The lowest BCUT2D eigenvalue weighted by Gasteiger charge is -2.26. The Morgan fingerprint density at radius 2 is 2.10 bits per heavy atom. The minimum Gasteiger partial charge on any atom is -0.465 e. The third kappa shape index (κ3) is 3.87. The molecule has 3 N–H and O–H groups in total. The van der Waals surface area contributed by atoms with Crippen LogP contribution in [0.25, 0.3) is 0 Å². The van der Waals surface area contributed by atoms with Crippen molar-refractivity contribution >= 4 is 17.3 Å². The fourth-order valence-corrected chi connectivity index (χ4v) is 2.50. The lowest BCUT2D eigenvalue weighted by molar-refractivity contribution is 0.0601. The summed E-state index contributed by atoms with van der Waals surface area (Å²) in [5.74, 6) is -0.364. The van der Waals surface area contributed by atoms with Crippen LogP contribution in [-0.2, 0) is 4.74 Å². The zero-order valence-corrected chi connectivity index (χ0v) is 12.0. The van der Waals surface area contributed by atoms with Gasteiger partial charge in [0.15, 0.2) is 0 Å². The van der Waals surface area contributed by atoms with Gasteiger partial charge in [0.25, 0.3) is 0 Å². The molecule has 5 heteroatoms. The minimum atomic E-state index is -0.364. The molecule has 0 spiro atoms. The van der Waals surface area contributed by atoms with Gasteiger partial charge in [-0.1, -0.05) is 6.42 Å². The molecular formula is C15H23N3O2. The molecule has 0 bridgehead atoms. The Bertz CT molecular complexity index is 456. The number of benzene rings is 1. The number of hydrogen-bond donors (Lipinski definition) is 2. The van der Waals surface area contributed by atoms with Gasteiger partial charge in [-0.05, 0) is 44.1 Å². The summed E-state index contributed by atoms with van der Waals surface area (Å²) in [5.41, 5.74) is 7.87. The monoisotopic (exact) mass is 277 g/mol. The summed E-state index contributed by atoms with van der Waals surface area (Å²) >= 11 is 0. The third-order valence-electron chi connectivity index (χ3n) is 3.66. The quantitative estimate of drug-likeness (QED) is 0.636. The average molecular weight is 277 g/mol.